The molecule has 0 aromatic heterocycles. The maximum absolute atomic E-state index is 11.8. The first kappa shape index (κ1) is 15.2. The molecule has 0 saturated carbocycles. The van der Waals surface area contributed by atoms with Gasteiger partial charge in [-0.2, -0.15) is 0 Å². The molecule has 0 spiro atoms. The van der Waals surface area contributed by atoms with Crippen LogP contribution in [-0.4, -0.2) is 62.6 Å². The molecule has 5 nitrogen and oxygen atoms in total. The zero-order valence-electron chi connectivity index (χ0n) is 13.8. The second-order valence-electron chi connectivity index (χ2n) is 6.22. The number of piperazine rings is 1. The summed E-state index contributed by atoms with van der Waals surface area (Å²) in [5.41, 5.74) is 3.82. The van der Waals surface area contributed by atoms with E-state index < -0.39 is 0 Å². The molecule has 1 aromatic rings. The lowest BCUT2D eigenvalue weighted by atomic mass is 9.95. The SMILES string of the molecule is COc1ccc(N2CCN(C)CC2)c2c1CCN(C(C)=O)C2. The van der Waals surface area contributed by atoms with Crippen LogP contribution >= 0.6 is 0 Å². The van der Waals surface area contributed by atoms with Crippen LogP contribution in [0.4, 0.5) is 5.69 Å². The van der Waals surface area contributed by atoms with Gasteiger partial charge >= 0.3 is 0 Å². The Bertz CT molecular complexity index is 565. The number of nitrogens with zero attached hydrogens (tertiary/aromatic N) is 3. The fourth-order valence-corrected chi connectivity index (χ4v) is 3.43. The van der Waals surface area contributed by atoms with E-state index in [0.29, 0.717) is 6.54 Å². The molecule has 0 aliphatic carbocycles. The molecule has 3 rings (SSSR count). The van der Waals surface area contributed by atoms with E-state index in [4.69, 9.17) is 4.74 Å². The summed E-state index contributed by atoms with van der Waals surface area (Å²) < 4.78 is 5.54. The minimum absolute atomic E-state index is 0.151. The van der Waals surface area contributed by atoms with E-state index in [0.717, 1.165) is 44.9 Å². The Morgan fingerprint density at radius 3 is 2.45 bits per heavy atom. The molecular formula is C17H25N3O2. The average molecular weight is 303 g/mol. The lowest BCUT2D eigenvalue weighted by Crippen LogP contribution is -2.45. The van der Waals surface area contributed by atoms with Crippen molar-refractivity contribution in [2.45, 2.75) is 19.9 Å². The minimum Gasteiger partial charge on any atom is -0.496 e. The lowest BCUT2D eigenvalue weighted by Gasteiger charge is -2.38. The van der Waals surface area contributed by atoms with Crippen molar-refractivity contribution in [3.63, 3.8) is 0 Å². The van der Waals surface area contributed by atoms with Crippen LogP contribution in [0.3, 0.4) is 0 Å². The number of likely N-dealkylation sites (N-methyl/N-ethyl adjacent to an activating group) is 1. The van der Waals surface area contributed by atoms with Crippen molar-refractivity contribution in [1.29, 1.82) is 0 Å². The summed E-state index contributed by atoms with van der Waals surface area (Å²) in [5.74, 6) is 1.11. The Morgan fingerprint density at radius 1 is 1.09 bits per heavy atom. The number of hydrogen-bond donors (Lipinski definition) is 0. The lowest BCUT2D eigenvalue weighted by molar-refractivity contribution is -0.129. The molecule has 0 unspecified atom stereocenters. The van der Waals surface area contributed by atoms with Gasteiger partial charge in [0.1, 0.15) is 5.75 Å². The summed E-state index contributed by atoms with van der Waals surface area (Å²) in [6, 6.07) is 4.24. The number of hydrogen-bond acceptors (Lipinski definition) is 4. The van der Waals surface area contributed by atoms with E-state index in [2.05, 4.69) is 29.0 Å². The van der Waals surface area contributed by atoms with Gasteiger partial charge in [0.05, 0.1) is 7.11 Å². The highest BCUT2D eigenvalue weighted by Crippen LogP contribution is 2.35. The molecule has 0 radical (unpaired) electrons. The predicted molar refractivity (Wildman–Crippen MR) is 87.5 cm³/mol. The number of methoxy groups -OCH3 is 1. The second kappa shape index (κ2) is 6.16. The van der Waals surface area contributed by atoms with Crippen molar-refractivity contribution in [3.05, 3.63) is 23.3 Å². The first-order valence-electron chi connectivity index (χ1n) is 7.98. The van der Waals surface area contributed by atoms with Crippen molar-refractivity contribution in [2.75, 3.05) is 51.8 Å². The van der Waals surface area contributed by atoms with E-state index in [1.165, 1.54) is 16.8 Å². The highest BCUT2D eigenvalue weighted by Gasteiger charge is 2.26. The Hall–Kier alpha value is -1.75. The summed E-state index contributed by atoms with van der Waals surface area (Å²) in [7, 11) is 3.89. The van der Waals surface area contributed by atoms with Crippen LogP contribution in [0.1, 0.15) is 18.1 Å². The van der Waals surface area contributed by atoms with Gasteiger partial charge in [0.25, 0.3) is 0 Å². The molecule has 5 heteroatoms. The van der Waals surface area contributed by atoms with Crippen LogP contribution in [0, 0.1) is 0 Å². The molecule has 1 saturated heterocycles. The van der Waals surface area contributed by atoms with E-state index in [9.17, 15) is 4.79 Å². The third-order valence-corrected chi connectivity index (χ3v) is 4.85. The van der Waals surface area contributed by atoms with Crippen LogP contribution in [0.2, 0.25) is 0 Å². The van der Waals surface area contributed by atoms with Crippen LogP contribution in [0.5, 0.6) is 5.75 Å². The third-order valence-electron chi connectivity index (χ3n) is 4.85. The highest BCUT2D eigenvalue weighted by molar-refractivity contribution is 5.74. The topological polar surface area (TPSA) is 36.0 Å². The summed E-state index contributed by atoms with van der Waals surface area (Å²) in [5, 5.41) is 0. The molecule has 22 heavy (non-hydrogen) atoms. The summed E-state index contributed by atoms with van der Waals surface area (Å²) in [6.45, 7) is 7.37. The van der Waals surface area contributed by atoms with Crippen molar-refractivity contribution in [1.82, 2.24) is 9.80 Å². The first-order chi connectivity index (χ1) is 10.6. The molecule has 1 aromatic carbocycles. The highest BCUT2D eigenvalue weighted by atomic mass is 16.5. The van der Waals surface area contributed by atoms with E-state index in [-0.39, 0.29) is 5.91 Å². The van der Waals surface area contributed by atoms with Gasteiger partial charge in [-0.15, -0.1) is 0 Å². The number of anilines is 1. The Balaban J connectivity index is 1.95. The molecule has 120 valence electrons. The Morgan fingerprint density at radius 2 is 1.82 bits per heavy atom. The monoisotopic (exact) mass is 303 g/mol. The van der Waals surface area contributed by atoms with Gasteiger partial charge in [-0.05, 0) is 25.6 Å². The van der Waals surface area contributed by atoms with Crippen LogP contribution < -0.4 is 9.64 Å². The third kappa shape index (κ3) is 2.77. The number of carbonyl (C=O) groups excluding carboxylic acids is 1. The summed E-state index contributed by atoms with van der Waals surface area (Å²) in [4.78, 5) is 18.5. The Kier molecular flexibility index (Phi) is 4.25. The molecule has 1 fully saturated rings. The molecule has 1 amide bonds. The van der Waals surface area contributed by atoms with Crippen LogP contribution in [0.15, 0.2) is 12.1 Å². The van der Waals surface area contributed by atoms with E-state index >= 15 is 0 Å². The van der Waals surface area contributed by atoms with Crippen molar-refractivity contribution in [3.8, 4) is 5.75 Å². The first-order valence-corrected chi connectivity index (χ1v) is 7.98. The molecule has 2 aliphatic heterocycles. The molecule has 0 atom stereocenters. The standard InChI is InChI=1S/C17H25N3O2/c1-13(21)20-7-6-14-15(12-20)16(4-5-17(14)22-3)19-10-8-18(2)9-11-19/h4-5H,6-12H2,1-3H3. The van der Waals surface area contributed by atoms with Gasteiger partial charge in [0.2, 0.25) is 5.91 Å². The molecule has 2 heterocycles. The van der Waals surface area contributed by atoms with Gasteiger partial charge in [-0.3, -0.25) is 4.79 Å². The number of ether oxygens (including phenoxy) is 1. The number of rotatable bonds is 2. The van der Waals surface area contributed by atoms with Gasteiger partial charge in [0, 0.05) is 63.0 Å². The Labute approximate surface area is 132 Å². The number of carbonyl (C=O) groups is 1. The minimum atomic E-state index is 0.151. The van der Waals surface area contributed by atoms with Crippen LogP contribution in [0.25, 0.3) is 0 Å². The maximum Gasteiger partial charge on any atom is 0.219 e. The molecule has 0 bridgehead atoms. The smallest absolute Gasteiger partial charge is 0.219 e. The second-order valence-corrected chi connectivity index (χ2v) is 6.22. The quantitative estimate of drug-likeness (QED) is 0.826. The molecule has 0 N–H and O–H groups in total. The zero-order chi connectivity index (χ0) is 15.7. The molecule has 2 aliphatic rings. The number of amides is 1. The van der Waals surface area contributed by atoms with E-state index in [1.807, 2.05) is 4.90 Å². The van der Waals surface area contributed by atoms with Gasteiger partial charge in [0.15, 0.2) is 0 Å². The van der Waals surface area contributed by atoms with Crippen molar-refractivity contribution >= 4 is 11.6 Å². The molecular weight excluding hydrogens is 278 g/mol. The summed E-state index contributed by atoms with van der Waals surface area (Å²) >= 11 is 0. The fraction of sp³-hybridized carbons (Fsp3) is 0.588. The summed E-state index contributed by atoms with van der Waals surface area (Å²) in [6.07, 6.45) is 0.875. The normalized spacial score (nSPS) is 19.0. The van der Waals surface area contributed by atoms with Gasteiger partial charge < -0.3 is 19.4 Å². The zero-order valence-corrected chi connectivity index (χ0v) is 13.8. The maximum atomic E-state index is 11.8. The number of benzene rings is 1. The van der Waals surface area contributed by atoms with E-state index in [1.54, 1.807) is 14.0 Å². The van der Waals surface area contributed by atoms with Gasteiger partial charge in [-0.25, -0.2) is 0 Å². The largest absolute Gasteiger partial charge is 0.496 e. The number of fused-ring (bicyclic) bond motifs is 1. The fourth-order valence-electron chi connectivity index (χ4n) is 3.43. The average Bonchev–Trinajstić information content (AvgIpc) is 2.54. The predicted octanol–water partition coefficient (Wildman–Crippen LogP) is 1.35. The van der Waals surface area contributed by atoms with Gasteiger partial charge in [-0.1, -0.05) is 0 Å². The van der Waals surface area contributed by atoms with Crippen molar-refractivity contribution < 1.29 is 9.53 Å². The van der Waals surface area contributed by atoms with Crippen molar-refractivity contribution in [2.24, 2.45) is 0 Å². The van der Waals surface area contributed by atoms with Crippen LogP contribution in [-0.2, 0) is 17.8 Å².